The minimum Gasteiger partial charge on any atom is -0.272 e. The fraction of sp³-hybridized carbons (Fsp3) is 0.333. The van der Waals surface area contributed by atoms with Gasteiger partial charge in [-0.2, -0.15) is 5.01 Å². The van der Waals surface area contributed by atoms with Gasteiger partial charge in [0, 0.05) is 0 Å². The van der Waals surface area contributed by atoms with Crippen molar-refractivity contribution in [2.45, 2.75) is 12.8 Å². The minimum atomic E-state index is -0.573. The fourth-order valence-corrected chi connectivity index (χ4v) is 4.59. The van der Waals surface area contributed by atoms with Crippen molar-refractivity contribution in [3.8, 4) is 0 Å². The summed E-state index contributed by atoms with van der Waals surface area (Å²) in [5.74, 6) is -1.61. The molecule has 0 radical (unpaired) electrons. The summed E-state index contributed by atoms with van der Waals surface area (Å²) in [5, 5.41) is 3.67. The molecule has 2 heterocycles. The highest BCUT2D eigenvalue weighted by Gasteiger charge is 2.57. The predicted molar refractivity (Wildman–Crippen MR) is 89.4 cm³/mol. The number of benzene rings is 1. The molecular weight excluding hydrogens is 322 g/mol. The summed E-state index contributed by atoms with van der Waals surface area (Å²) in [6.45, 7) is 0. The van der Waals surface area contributed by atoms with Gasteiger partial charge >= 0.3 is 0 Å². The molecule has 7 nitrogen and oxygen atoms in total. The lowest BCUT2D eigenvalue weighted by atomic mass is 9.63. The molecule has 4 atom stereocenters. The Bertz CT molecular complexity index is 1050. The molecule has 1 aromatic heterocycles. The molecule has 4 unspecified atom stereocenters. The molecule has 2 bridgehead atoms. The zero-order valence-corrected chi connectivity index (χ0v) is 13.2. The number of fused-ring (bicyclic) bond motifs is 2. The van der Waals surface area contributed by atoms with Crippen LogP contribution in [0.2, 0.25) is 0 Å². The number of allylic oxidation sites excluding steroid dienone is 2. The third kappa shape index (κ3) is 1.75. The Balaban J connectivity index is 1.70. The topological polar surface area (TPSA) is 92.2 Å². The van der Waals surface area contributed by atoms with E-state index >= 15 is 0 Å². The monoisotopic (exact) mass is 337 g/mol. The molecule has 126 valence electrons. The highest BCUT2D eigenvalue weighted by Crippen LogP contribution is 2.48. The largest absolute Gasteiger partial charge is 0.293 e. The Hall–Kier alpha value is -2.96. The van der Waals surface area contributed by atoms with E-state index in [2.05, 4.69) is 5.10 Å². The van der Waals surface area contributed by atoms with Gasteiger partial charge in [-0.3, -0.25) is 19.2 Å². The van der Waals surface area contributed by atoms with Gasteiger partial charge in [-0.15, -0.1) is 4.79 Å². The van der Waals surface area contributed by atoms with Gasteiger partial charge in [-0.25, -0.2) is 5.10 Å². The van der Waals surface area contributed by atoms with Crippen molar-refractivity contribution in [3.05, 3.63) is 57.1 Å². The molecule has 0 spiro atoms. The number of aromatic amines is 1. The number of rotatable bonds is 1. The fourth-order valence-electron chi connectivity index (χ4n) is 4.59. The third-order valence-corrected chi connectivity index (χ3v) is 5.74. The van der Waals surface area contributed by atoms with E-state index in [1.54, 1.807) is 12.1 Å². The summed E-state index contributed by atoms with van der Waals surface area (Å²) in [5.41, 5.74) is -1.08. The lowest BCUT2D eigenvalue weighted by molar-refractivity contribution is -0.125. The molecule has 3 aliphatic carbocycles. The zero-order valence-electron chi connectivity index (χ0n) is 13.2. The van der Waals surface area contributed by atoms with Crippen LogP contribution in [0.5, 0.6) is 0 Å². The first kappa shape index (κ1) is 14.4. The van der Waals surface area contributed by atoms with E-state index in [1.807, 2.05) is 12.2 Å². The number of carbonyl (C=O) groups excluding carboxylic acids is 2. The van der Waals surface area contributed by atoms with E-state index in [4.69, 9.17) is 0 Å². The van der Waals surface area contributed by atoms with E-state index < -0.39 is 34.8 Å². The number of H-pyrrole nitrogens is 1. The van der Waals surface area contributed by atoms with Crippen molar-refractivity contribution in [2.24, 2.45) is 23.7 Å². The van der Waals surface area contributed by atoms with Crippen LogP contribution in [0.15, 0.2) is 46.0 Å². The van der Waals surface area contributed by atoms with Crippen molar-refractivity contribution >= 4 is 22.6 Å². The van der Waals surface area contributed by atoms with E-state index in [0.29, 0.717) is 0 Å². The van der Waals surface area contributed by atoms with E-state index in [-0.39, 0.29) is 22.6 Å². The number of hydrogen-bond donors (Lipinski definition) is 1. The van der Waals surface area contributed by atoms with Crippen molar-refractivity contribution in [3.63, 3.8) is 0 Å². The third-order valence-electron chi connectivity index (χ3n) is 5.74. The number of aromatic nitrogens is 2. The van der Waals surface area contributed by atoms with E-state index in [1.165, 1.54) is 12.1 Å². The molecule has 25 heavy (non-hydrogen) atoms. The quantitative estimate of drug-likeness (QED) is 0.607. The van der Waals surface area contributed by atoms with Gasteiger partial charge in [0.05, 0.1) is 22.6 Å². The minimum absolute atomic E-state index is 0.0272. The van der Waals surface area contributed by atoms with Gasteiger partial charge in [0.2, 0.25) is 0 Å². The molecular formula is C18H15N3O4. The number of nitrogens with zero attached hydrogens (tertiary/aromatic N) is 2. The van der Waals surface area contributed by atoms with Gasteiger partial charge in [0.1, 0.15) is 0 Å². The summed E-state index contributed by atoms with van der Waals surface area (Å²) in [6, 6.07) is 6.36. The maximum Gasteiger partial charge on any atom is 0.293 e. The Kier molecular flexibility index (Phi) is 2.75. The zero-order chi connectivity index (χ0) is 17.3. The molecule has 6 rings (SSSR count). The van der Waals surface area contributed by atoms with Crippen LogP contribution >= 0.6 is 0 Å². The smallest absolute Gasteiger partial charge is 0.272 e. The summed E-state index contributed by atoms with van der Waals surface area (Å²) >= 11 is 0. The van der Waals surface area contributed by atoms with Crippen molar-refractivity contribution in [1.29, 1.82) is 0 Å². The van der Waals surface area contributed by atoms with Crippen LogP contribution in [0.4, 0.5) is 0 Å². The van der Waals surface area contributed by atoms with Crippen molar-refractivity contribution in [1.82, 2.24) is 9.89 Å². The van der Waals surface area contributed by atoms with Gasteiger partial charge < -0.3 is 0 Å². The molecule has 1 aromatic carbocycles. The lowest BCUT2D eigenvalue weighted by Crippen LogP contribution is -2.50. The first-order valence-corrected chi connectivity index (χ1v) is 8.38. The lowest BCUT2D eigenvalue weighted by Gasteiger charge is -2.37. The van der Waals surface area contributed by atoms with Crippen LogP contribution < -0.4 is 16.1 Å². The van der Waals surface area contributed by atoms with Crippen LogP contribution in [0.1, 0.15) is 12.8 Å². The molecule has 1 aliphatic heterocycles. The van der Waals surface area contributed by atoms with Gasteiger partial charge in [-0.05, 0) is 36.8 Å². The Labute approximate surface area is 141 Å². The number of amides is 2. The van der Waals surface area contributed by atoms with Crippen LogP contribution in [0, 0.1) is 23.7 Å². The average Bonchev–Trinajstić information content (AvgIpc) is 2.92. The molecule has 2 aromatic rings. The second-order valence-corrected chi connectivity index (χ2v) is 6.93. The first-order valence-electron chi connectivity index (χ1n) is 8.38. The highest BCUT2D eigenvalue weighted by molar-refractivity contribution is 6.17. The molecule has 1 saturated heterocycles. The maximum absolute atomic E-state index is 12.9. The van der Waals surface area contributed by atoms with Crippen molar-refractivity contribution in [2.75, 3.05) is 5.01 Å². The van der Waals surface area contributed by atoms with E-state index in [0.717, 1.165) is 22.6 Å². The highest BCUT2D eigenvalue weighted by atomic mass is 16.2. The molecule has 2 fully saturated rings. The second-order valence-electron chi connectivity index (χ2n) is 6.93. The number of nitrogens with one attached hydrogen (secondary N) is 1. The average molecular weight is 337 g/mol. The SMILES string of the molecule is O=C1C2C3C=CC(CC3)C2C(=O)N1n1[nH]c(=O)c2ccccc2c1=O. The summed E-state index contributed by atoms with van der Waals surface area (Å²) in [4.78, 5) is 51.7. The summed E-state index contributed by atoms with van der Waals surface area (Å²) in [7, 11) is 0. The number of hydrogen-bond acceptors (Lipinski definition) is 4. The number of carbonyl (C=O) groups is 2. The molecule has 7 heteroatoms. The molecule has 4 aliphatic rings. The van der Waals surface area contributed by atoms with Crippen LogP contribution in [-0.2, 0) is 9.59 Å². The van der Waals surface area contributed by atoms with Gasteiger partial charge in [-0.1, -0.05) is 24.3 Å². The van der Waals surface area contributed by atoms with Crippen LogP contribution in [-0.4, -0.2) is 21.7 Å². The van der Waals surface area contributed by atoms with Gasteiger partial charge in [0.25, 0.3) is 22.9 Å². The van der Waals surface area contributed by atoms with Gasteiger partial charge in [0.15, 0.2) is 0 Å². The first-order chi connectivity index (χ1) is 12.1. The molecule has 1 N–H and O–H groups in total. The number of imide groups is 1. The summed E-state index contributed by atoms with van der Waals surface area (Å²) in [6.07, 6.45) is 5.77. The normalized spacial score (nSPS) is 30.3. The van der Waals surface area contributed by atoms with Crippen LogP contribution in [0.25, 0.3) is 10.8 Å². The summed E-state index contributed by atoms with van der Waals surface area (Å²) < 4.78 is 0. The predicted octanol–water partition coefficient (Wildman–Crippen LogP) is 0.523. The Morgan fingerprint density at radius 3 is 1.96 bits per heavy atom. The molecule has 2 amide bonds. The van der Waals surface area contributed by atoms with E-state index in [9.17, 15) is 19.2 Å². The Morgan fingerprint density at radius 1 is 0.840 bits per heavy atom. The standard InChI is InChI=1S/C18H15N3O4/c22-15-11-3-1-2-4-12(11)16(23)21(19-15)20-17(24)13-9-5-6-10(8-7-9)14(13)18(20)25/h1-6,9-10,13-14H,7-8H2,(H,19,22). The maximum atomic E-state index is 12.9. The van der Waals surface area contributed by atoms with Crippen molar-refractivity contribution < 1.29 is 9.59 Å². The Morgan fingerprint density at radius 2 is 1.40 bits per heavy atom. The van der Waals surface area contributed by atoms with Crippen LogP contribution in [0.3, 0.4) is 0 Å². The second kappa shape index (κ2) is 4.78. The molecule has 1 saturated carbocycles.